The predicted octanol–water partition coefficient (Wildman–Crippen LogP) is 2.15. The minimum Gasteiger partial charge on any atom is -0.341 e. The van der Waals surface area contributed by atoms with Crippen LogP contribution in [-0.4, -0.2) is 29.9 Å². The van der Waals surface area contributed by atoms with Crippen molar-refractivity contribution >= 4 is 5.91 Å². The SMILES string of the molecule is CCCC(N)C(=O)N(C)C1CCCC(C)C1. The van der Waals surface area contributed by atoms with Gasteiger partial charge in [-0.05, 0) is 25.2 Å². The monoisotopic (exact) mass is 226 g/mol. The lowest BCUT2D eigenvalue weighted by Crippen LogP contribution is -2.47. The molecule has 0 spiro atoms. The molecule has 1 aliphatic rings. The molecule has 94 valence electrons. The standard InChI is InChI=1S/C13H26N2O/c1-4-6-12(14)13(16)15(3)11-8-5-7-10(2)9-11/h10-12H,4-9,14H2,1-3H3. The molecular formula is C13H26N2O. The van der Waals surface area contributed by atoms with Crippen LogP contribution >= 0.6 is 0 Å². The van der Waals surface area contributed by atoms with Crippen LogP contribution in [0.25, 0.3) is 0 Å². The molecule has 3 unspecified atom stereocenters. The normalized spacial score (nSPS) is 27.5. The van der Waals surface area contributed by atoms with Gasteiger partial charge in [0.1, 0.15) is 0 Å². The van der Waals surface area contributed by atoms with Gasteiger partial charge < -0.3 is 10.6 Å². The first kappa shape index (κ1) is 13.5. The number of hydrogen-bond donors (Lipinski definition) is 1. The van der Waals surface area contributed by atoms with Crippen molar-refractivity contribution in [2.24, 2.45) is 11.7 Å². The molecule has 1 amide bonds. The summed E-state index contributed by atoms with van der Waals surface area (Å²) in [5.74, 6) is 0.873. The molecule has 0 heterocycles. The summed E-state index contributed by atoms with van der Waals surface area (Å²) in [6, 6.07) is 0.117. The third kappa shape index (κ3) is 3.48. The largest absolute Gasteiger partial charge is 0.341 e. The summed E-state index contributed by atoms with van der Waals surface area (Å²) in [6.45, 7) is 4.34. The number of carbonyl (C=O) groups excluding carboxylic acids is 1. The molecule has 1 aliphatic carbocycles. The van der Waals surface area contributed by atoms with Crippen LogP contribution in [0.2, 0.25) is 0 Å². The molecular weight excluding hydrogens is 200 g/mol. The van der Waals surface area contributed by atoms with Crippen molar-refractivity contribution in [1.29, 1.82) is 0 Å². The van der Waals surface area contributed by atoms with E-state index >= 15 is 0 Å². The Bertz CT molecular complexity index is 230. The van der Waals surface area contributed by atoms with Crippen LogP contribution in [0.4, 0.5) is 0 Å². The number of likely N-dealkylation sites (N-methyl/N-ethyl adjacent to an activating group) is 1. The number of rotatable bonds is 4. The van der Waals surface area contributed by atoms with E-state index in [4.69, 9.17) is 5.73 Å². The molecule has 0 saturated heterocycles. The number of hydrogen-bond acceptors (Lipinski definition) is 2. The van der Waals surface area contributed by atoms with E-state index in [-0.39, 0.29) is 11.9 Å². The molecule has 0 aliphatic heterocycles. The fourth-order valence-electron chi connectivity index (χ4n) is 2.63. The second-order valence-electron chi connectivity index (χ2n) is 5.27. The van der Waals surface area contributed by atoms with Gasteiger partial charge in [-0.25, -0.2) is 0 Å². The Kier molecular flexibility index (Phi) is 5.26. The molecule has 0 aromatic carbocycles. The maximum Gasteiger partial charge on any atom is 0.239 e. The Labute approximate surface area is 99.4 Å². The van der Waals surface area contributed by atoms with Crippen molar-refractivity contribution in [3.8, 4) is 0 Å². The quantitative estimate of drug-likeness (QED) is 0.798. The molecule has 1 fully saturated rings. The van der Waals surface area contributed by atoms with E-state index in [0.717, 1.165) is 31.6 Å². The van der Waals surface area contributed by atoms with Crippen molar-refractivity contribution < 1.29 is 4.79 Å². The molecule has 1 saturated carbocycles. The van der Waals surface area contributed by atoms with Gasteiger partial charge in [-0.3, -0.25) is 4.79 Å². The van der Waals surface area contributed by atoms with Gasteiger partial charge in [-0.15, -0.1) is 0 Å². The van der Waals surface area contributed by atoms with Crippen LogP contribution in [0.1, 0.15) is 52.4 Å². The van der Waals surface area contributed by atoms with E-state index in [9.17, 15) is 4.79 Å². The lowest BCUT2D eigenvalue weighted by Gasteiger charge is -2.35. The molecule has 0 aromatic heterocycles. The molecule has 0 bridgehead atoms. The first-order valence-corrected chi connectivity index (χ1v) is 6.58. The molecule has 16 heavy (non-hydrogen) atoms. The van der Waals surface area contributed by atoms with E-state index in [1.807, 2.05) is 11.9 Å². The van der Waals surface area contributed by atoms with Crippen LogP contribution in [0.5, 0.6) is 0 Å². The highest BCUT2D eigenvalue weighted by Gasteiger charge is 2.27. The van der Waals surface area contributed by atoms with E-state index < -0.39 is 0 Å². The van der Waals surface area contributed by atoms with E-state index in [2.05, 4.69) is 13.8 Å². The Morgan fingerprint density at radius 3 is 2.75 bits per heavy atom. The first-order valence-electron chi connectivity index (χ1n) is 6.58. The van der Waals surface area contributed by atoms with Crippen LogP contribution in [0.15, 0.2) is 0 Å². The van der Waals surface area contributed by atoms with Crippen LogP contribution < -0.4 is 5.73 Å². The molecule has 0 aromatic rings. The lowest BCUT2D eigenvalue weighted by atomic mass is 9.86. The first-order chi connectivity index (χ1) is 7.56. The van der Waals surface area contributed by atoms with Gasteiger partial charge in [-0.1, -0.05) is 33.1 Å². The number of amides is 1. The highest BCUT2D eigenvalue weighted by Crippen LogP contribution is 2.26. The Morgan fingerprint density at radius 2 is 2.19 bits per heavy atom. The smallest absolute Gasteiger partial charge is 0.239 e. The van der Waals surface area contributed by atoms with Gasteiger partial charge in [-0.2, -0.15) is 0 Å². The topological polar surface area (TPSA) is 46.3 Å². The average Bonchev–Trinajstić information content (AvgIpc) is 2.27. The zero-order valence-corrected chi connectivity index (χ0v) is 10.9. The minimum atomic E-state index is -0.299. The fourth-order valence-corrected chi connectivity index (χ4v) is 2.63. The molecule has 2 N–H and O–H groups in total. The van der Waals surface area contributed by atoms with Crippen molar-refractivity contribution in [3.63, 3.8) is 0 Å². The van der Waals surface area contributed by atoms with Gasteiger partial charge in [0, 0.05) is 13.1 Å². The van der Waals surface area contributed by atoms with Crippen molar-refractivity contribution in [1.82, 2.24) is 4.90 Å². The molecule has 3 nitrogen and oxygen atoms in total. The van der Waals surface area contributed by atoms with E-state index in [1.165, 1.54) is 12.8 Å². The third-order valence-electron chi connectivity index (χ3n) is 3.72. The van der Waals surface area contributed by atoms with E-state index in [1.54, 1.807) is 0 Å². The zero-order chi connectivity index (χ0) is 12.1. The van der Waals surface area contributed by atoms with Crippen molar-refractivity contribution in [2.75, 3.05) is 7.05 Å². The summed E-state index contributed by atoms with van der Waals surface area (Å²) in [4.78, 5) is 13.9. The maximum absolute atomic E-state index is 12.0. The second kappa shape index (κ2) is 6.24. The number of carbonyl (C=O) groups is 1. The Morgan fingerprint density at radius 1 is 1.50 bits per heavy atom. The second-order valence-corrected chi connectivity index (χ2v) is 5.27. The number of nitrogens with two attached hydrogens (primary N) is 1. The van der Waals surface area contributed by atoms with Gasteiger partial charge in [0.15, 0.2) is 0 Å². The van der Waals surface area contributed by atoms with Crippen LogP contribution in [0.3, 0.4) is 0 Å². The summed E-state index contributed by atoms with van der Waals surface area (Å²) in [5.41, 5.74) is 5.88. The summed E-state index contributed by atoms with van der Waals surface area (Å²) in [5, 5.41) is 0. The minimum absolute atomic E-state index is 0.126. The van der Waals surface area contributed by atoms with Crippen LogP contribution in [0, 0.1) is 5.92 Å². The summed E-state index contributed by atoms with van der Waals surface area (Å²) in [7, 11) is 1.92. The zero-order valence-electron chi connectivity index (χ0n) is 10.9. The highest BCUT2D eigenvalue weighted by molar-refractivity contribution is 5.81. The highest BCUT2D eigenvalue weighted by atomic mass is 16.2. The molecule has 1 rings (SSSR count). The van der Waals surface area contributed by atoms with Crippen LogP contribution in [-0.2, 0) is 4.79 Å². The van der Waals surface area contributed by atoms with Crippen molar-refractivity contribution in [3.05, 3.63) is 0 Å². The summed E-state index contributed by atoms with van der Waals surface area (Å²) in [6.07, 6.45) is 6.60. The van der Waals surface area contributed by atoms with Gasteiger partial charge >= 0.3 is 0 Å². The maximum atomic E-state index is 12.0. The summed E-state index contributed by atoms with van der Waals surface area (Å²) >= 11 is 0. The Balaban J connectivity index is 2.48. The lowest BCUT2D eigenvalue weighted by molar-refractivity contribution is -0.134. The fraction of sp³-hybridized carbons (Fsp3) is 0.923. The summed E-state index contributed by atoms with van der Waals surface area (Å²) < 4.78 is 0. The predicted molar refractivity (Wildman–Crippen MR) is 67.1 cm³/mol. The van der Waals surface area contributed by atoms with Gasteiger partial charge in [0.05, 0.1) is 6.04 Å². The third-order valence-corrected chi connectivity index (χ3v) is 3.72. The van der Waals surface area contributed by atoms with Crippen molar-refractivity contribution in [2.45, 2.75) is 64.5 Å². The Hall–Kier alpha value is -0.570. The molecule has 0 radical (unpaired) electrons. The average molecular weight is 226 g/mol. The van der Waals surface area contributed by atoms with Gasteiger partial charge in [0.25, 0.3) is 0 Å². The van der Waals surface area contributed by atoms with E-state index in [0.29, 0.717) is 6.04 Å². The molecule has 3 atom stereocenters. The number of nitrogens with zero attached hydrogens (tertiary/aromatic N) is 1. The molecule has 3 heteroatoms. The van der Waals surface area contributed by atoms with Gasteiger partial charge in [0.2, 0.25) is 5.91 Å².